The van der Waals surface area contributed by atoms with E-state index in [1.54, 1.807) is 0 Å². The zero-order chi connectivity index (χ0) is 13.0. The smallest absolute Gasteiger partial charge is 0.334 e. The molecule has 2 nitrogen and oxygen atoms in total. The lowest BCUT2D eigenvalue weighted by Crippen LogP contribution is -2.11. The number of carbonyl (C=O) groups is 1. The van der Waals surface area contributed by atoms with Crippen LogP contribution in [0.5, 0.6) is 0 Å². The number of carbonyl (C=O) groups excluding carboxylic acids is 1. The van der Waals surface area contributed by atoms with Crippen LogP contribution in [0.25, 0.3) is 0 Å². The highest BCUT2D eigenvalue weighted by atomic mass is 16.5. The number of allylic oxidation sites excluding steroid dienone is 1. The van der Waals surface area contributed by atoms with Crippen molar-refractivity contribution < 1.29 is 9.53 Å². The third-order valence-electron chi connectivity index (χ3n) is 3.89. The molecular formula is C16H24O2. The summed E-state index contributed by atoms with van der Waals surface area (Å²) in [6.45, 7) is 5.91. The van der Waals surface area contributed by atoms with E-state index < -0.39 is 0 Å². The van der Waals surface area contributed by atoms with Crippen molar-refractivity contribution in [3.05, 3.63) is 23.8 Å². The van der Waals surface area contributed by atoms with Crippen molar-refractivity contribution in [3.8, 4) is 0 Å². The Kier molecular flexibility index (Phi) is 4.62. The summed E-state index contributed by atoms with van der Waals surface area (Å²) in [4.78, 5) is 12.0. The van der Waals surface area contributed by atoms with Gasteiger partial charge in [0.2, 0.25) is 0 Å². The summed E-state index contributed by atoms with van der Waals surface area (Å²) in [6, 6.07) is 0. The first-order valence-corrected chi connectivity index (χ1v) is 7.30. The van der Waals surface area contributed by atoms with Crippen LogP contribution in [0.4, 0.5) is 0 Å². The average Bonchev–Trinajstić information content (AvgIpc) is 3.12. The number of unbranched alkanes of at least 4 members (excludes halogenated alkanes) is 1. The van der Waals surface area contributed by atoms with Crippen molar-refractivity contribution in [1.82, 2.24) is 0 Å². The fourth-order valence-corrected chi connectivity index (χ4v) is 2.60. The van der Waals surface area contributed by atoms with Crippen LogP contribution in [-0.4, -0.2) is 12.1 Å². The molecule has 2 heteroatoms. The van der Waals surface area contributed by atoms with Gasteiger partial charge in [0.25, 0.3) is 0 Å². The number of rotatable bonds is 8. The molecule has 0 spiro atoms. The lowest BCUT2D eigenvalue weighted by molar-refractivity contribution is -0.140. The molecule has 1 unspecified atom stereocenters. The molecule has 1 aliphatic carbocycles. The Labute approximate surface area is 110 Å². The largest absolute Gasteiger partial charge is 0.454 e. The molecular weight excluding hydrogens is 224 g/mol. The number of cyclic esters (lactones) is 1. The van der Waals surface area contributed by atoms with Crippen LogP contribution in [0.15, 0.2) is 23.8 Å². The summed E-state index contributed by atoms with van der Waals surface area (Å²) in [5.74, 6) is 0.769. The maximum absolute atomic E-state index is 12.0. The highest BCUT2D eigenvalue weighted by molar-refractivity contribution is 5.92. The first-order chi connectivity index (χ1) is 8.76. The Balaban J connectivity index is 2.07. The van der Waals surface area contributed by atoms with Gasteiger partial charge >= 0.3 is 5.97 Å². The third kappa shape index (κ3) is 3.24. The first-order valence-electron chi connectivity index (χ1n) is 7.30. The van der Waals surface area contributed by atoms with E-state index >= 15 is 0 Å². The first kappa shape index (κ1) is 13.4. The molecule has 0 aromatic carbocycles. The van der Waals surface area contributed by atoms with Crippen LogP contribution in [0.3, 0.4) is 0 Å². The highest BCUT2D eigenvalue weighted by Gasteiger charge is 2.36. The predicted octanol–water partition coefficient (Wildman–Crippen LogP) is 4.16. The van der Waals surface area contributed by atoms with Crippen molar-refractivity contribution in [3.63, 3.8) is 0 Å². The molecule has 0 N–H and O–H groups in total. The van der Waals surface area contributed by atoms with Crippen molar-refractivity contribution in [1.29, 1.82) is 0 Å². The fraction of sp³-hybridized carbons (Fsp3) is 0.688. The van der Waals surface area contributed by atoms with Crippen LogP contribution in [-0.2, 0) is 9.53 Å². The average molecular weight is 248 g/mol. The van der Waals surface area contributed by atoms with Crippen LogP contribution in [0.2, 0.25) is 0 Å². The quantitative estimate of drug-likeness (QED) is 0.476. The van der Waals surface area contributed by atoms with Crippen molar-refractivity contribution >= 4 is 5.97 Å². The van der Waals surface area contributed by atoms with Crippen molar-refractivity contribution in [2.75, 3.05) is 0 Å². The maximum atomic E-state index is 12.0. The van der Waals surface area contributed by atoms with Crippen LogP contribution < -0.4 is 0 Å². The van der Waals surface area contributed by atoms with Crippen molar-refractivity contribution in [2.24, 2.45) is 5.92 Å². The van der Waals surface area contributed by atoms with E-state index in [0.29, 0.717) is 0 Å². The molecule has 1 atom stereocenters. The summed E-state index contributed by atoms with van der Waals surface area (Å²) in [5, 5.41) is 0. The summed E-state index contributed by atoms with van der Waals surface area (Å²) in [6.07, 6.45) is 10.7. The SMILES string of the molecule is C=CCCC1OC(=O)C(CCCC)=C1CC1CC1. The monoisotopic (exact) mass is 248 g/mol. The van der Waals surface area contributed by atoms with Gasteiger partial charge in [-0.25, -0.2) is 4.79 Å². The van der Waals surface area contributed by atoms with Gasteiger partial charge in [0.05, 0.1) is 0 Å². The summed E-state index contributed by atoms with van der Waals surface area (Å²) < 4.78 is 5.55. The molecule has 1 heterocycles. The second-order valence-corrected chi connectivity index (χ2v) is 5.51. The highest BCUT2D eigenvalue weighted by Crippen LogP contribution is 2.41. The summed E-state index contributed by atoms with van der Waals surface area (Å²) in [7, 11) is 0. The van der Waals surface area contributed by atoms with Gasteiger partial charge in [-0.05, 0) is 56.4 Å². The lowest BCUT2D eigenvalue weighted by atomic mass is 9.94. The Morgan fingerprint density at radius 2 is 2.22 bits per heavy atom. The van der Waals surface area contributed by atoms with E-state index in [1.807, 2.05) is 6.08 Å². The summed E-state index contributed by atoms with van der Waals surface area (Å²) >= 11 is 0. The third-order valence-corrected chi connectivity index (χ3v) is 3.89. The Hall–Kier alpha value is -1.05. The minimum atomic E-state index is -0.0480. The summed E-state index contributed by atoms with van der Waals surface area (Å²) in [5.41, 5.74) is 2.32. The zero-order valence-electron chi connectivity index (χ0n) is 11.4. The molecule has 18 heavy (non-hydrogen) atoms. The molecule has 2 aliphatic rings. The topological polar surface area (TPSA) is 26.3 Å². The fourth-order valence-electron chi connectivity index (χ4n) is 2.60. The molecule has 1 saturated carbocycles. The van der Waals surface area contributed by atoms with E-state index in [9.17, 15) is 4.79 Å². The molecule has 0 aromatic heterocycles. The van der Waals surface area contributed by atoms with Gasteiger partial charge in [0, 0.05) is 5.57 Å². The van der Waals surface area contributed by atoms with Gasteiger partial charge in [-0.2, -0.15) is 0 Å². The van der Waals surface area contributed by atoms with Gasteiger partial charge in [-0.3, -0.25) is 0 Å². The minimum absolute atomic E-state index is 0.0444. The van der Waals surface area contributed by atoms with E-state index in [2.05, 4.69) is 13.5 Å². The number of hydrogen-bond acceptors (Lipinski definition) is 2. The molecule has 0 saturated heterocycles. The van der Waals surface area contributed by atoms with Gasteiger partial charge in [0.15, 0.2) is 0 Å². The van der Waals surface area contributed by atoms with Gasteiger partial charge in [-0.15, -0.1) is 6.58 Å². The molecule has 1 fully saturated rings. The van der Waals surface area contributed by atoms with E-state index in [1.165, 1.54) is 18.4 Å². The zero-order valence-corrected chi connectivity index (χ0v) is 11.4. The molecule has 0 aromatic rings. The van der Waals surface area contributed by atoms with Crippen molar-refractivity contribution in [2.45, 2.75) is 64.4 Å². The lowest BCUT2D eigenvalue weighted by Gasteiger charge is -2.13. The molecule has 0 radical (unpaired) electrons. The number of ether oxygens (including phenoxy) is 1. The maximum Gasteiger partial charge on any atom is 0.334 e. The normalized spacial score (nSPS) is 23.4. The van der Waals surface area contributed by atoms with Gasteiger partial charge < -0.3 is 4.74 Å². The van der Waals surface area contributed by atoms with Crippen LogP contribution >= 0.6 is 0 Å². The van der Waals surface area contributed by atoms with Gasteiger partial charge in [0.1, 0.15) is 6.10 Å². The van der Waals surface area contributed by atoms with Crippen LogP contribution in [0.1, 0.15) is 58.3 Å². The standard InChI is InChI=1S/C16H24O2/c1-3-5-7-13-14(11-12-9-10-12)15(8-6-4-2)18-16(13)17/h4,12,15H,2-3,5-11H2,1H3. The minimum Gasteiger partial charge on any atom is -0.454 e. The Morgan fingerprint density at radius 1 is 1.44 bits per heavy atom. The molecule has 0 amide bonds. The van der Waals surface area contributed by atoms with Crippen LogP contribution in [0, 0.1) is 5.92 Å². The molecule has 0 bridgehead atoms. The van der Waals surface area contributed by atoms with Gasteiger partial charge in [-0.1, -0.05) is 19.4 Å². The second-order valence-electron chi connectivity index (χ2n) is 5.51. The van der Waals surface area contributed by atoms with E-state index in [0.717, 1.165) is 50.0 Å². The molecule has 1 aliphatic heterocycles. The van der Waals surface area contributed by atoms with E-state index in [-0.39, 0.29) is 12.1 Å². The Bertz CT molecular complexity index is 350. The van der Waals surface area contributed by atoms with E-state index in [4.69, 9.17) is 4.74 Å². The predicted molar refractivity (Wildman–Crippen MR) is 73.2 cm³/mol. The molecule has 2 rings (SSSR count). The second kappa shape index (κ2) is 6.21. The molecule has 100 valence electrons. The number of esters is 1. The number of hydrogen-bond donors (Lipinski definition) is 0. The Morgan fingerprint density at radius 3 is 2.83 bits per heavy atom.